The summed E-state index contributed by atoms with van der Waals surface area (Å²) in [6, 6.07) is 10.0. The van der Waals surface area contributed by atoms with Crippen molar-refractivity contribution in [1.82, 2.24) is 0 Å². The average molecular weight is 483 g/mol. The lowest BCUT2D eigenvalue weighted by Crippen LogP contribution is -2.37. The zero-order chi connectivity index (χ0) is 22.3. The minimum absolute atomic E-state index is 0.00932. The number of anilines is 2. The van der Waals surface area contributed by atoms with Gasteiger partial charge in [-0.05, 0) is 73.6 Å². The van der Waals surface area contributed by atoms with Crippen LogP contribution in [0.5, 0.6) is 0 Å². The van der Waals surface area contributed by atoms with Gasteiger partial charge in [0.15, 0.2) is 0 Å². The van der Waals surface area contributed by atoms with Crippen molar-refractivity contribution in [3.05, 3.63) is 52.5 Å². The molecule has 0 aliphatic heterocycles. The lowest BCUT2D eigenvalue weighted by Gasteiger charge is -2.27. The highest BCUT2D eigenvalue weighted by Gasteiger charge is 2.53. The molecule has 2 bridgehead atoms. The topological polar surface area (TPSA) is 113 Å². The zero-order valence-electron chi connectivity index (χ0n) is 16.2. The standard InChI is InChI=1S/C21H20Cl2N2O5S/c22-13-8-14(23)10-16(9-13)25-31(29,30)17-5-3-15(4-6-17)24-20(26)18-11-1-2-12(7-11)19(18)21(27)28/h3-6,8-12,18-19,25H,1-2,7H2,(H,24,26)(H,27,28)/t11-,12-,18+,19+/m0/s1. The van der Waals surface area contributed by atoms with Crippen LogP contribution in [0.1, 0.15) is 19.3 Å². The summed E-state index contributed by atoms with van der Waals surface area (Å²) in [7, 11) is -3.89. The molecule has 0 radical (unpaired) electrons. The molecule has 0 unspecified atom stereocenters. The van der Waals surface area contributed by atoms with E-state index in [1.54, 1.807) is 0 Å². The van der Waals surface area contributed by atoms with E-state index in [9.17, 15) is 23.1 Å². The number of fused-ring (bicyclic) bond motifs is 2. The Kier molecular flexibility index (Phi) is 5.89. The monoisotopic (exact) mass is 482 g/mol. The zero-order valence-corrected chi connectivity index (χ0v) is 18.5. The fourth-order valence-corrected chi connectivity index (χ4v) is 6.36. The number of halogens is 2. The van der Waals surface area contributed by atoms with Gasteiger partial charge in [-0.15, -0.1) is 0 Å². The number of hydrogen-bond donors (Lipinski definition) is 3. The lowest BCUT2D eigenvalue weighted by atomic mass is 9.78. The number of nitrogens with one attached hydrogen (secondary N) is 2. The fourth-order valence-electron chi connectivity index (χ4n) is 4.79. The van der Waals surface area contributed by atoms with Crippen LogP contribution >= 0.6 is 23.2 Å². The second-order valence-corrected chi connectivity index (χ2v) is 10.6. The van der Waals surface area contributed by atoms with Gasteiger partial charge in [0.05, 0.1) is 22.4 Å². The van der Waals surface area contributed by atoms with E-state index < -0.39 is 27.8 Å². The highest BCUT2D eigenvalue weighted by Crippen LogP contribution is 2.52. The van der Waals surface area contributed by atoms with E-state index >= 15 is 0 Å². The summed E-state index contributed by atoms with van der Waals surface area (Å²) in [5.41, 5.74) is 0.632. The number of carboxylic acids is 1. The van der Waals surface area contributed by atoms with Crippen LogP contribution in [0.2, 0.25) is 10.0 Å². The van der Waals surface area contributed by atoms with E-state index in [2.05, 4.69) is 10.0 Å². The normalized spacial score (nSPS) is 24.7. The van der Waals surface area contributed by atoms with Crippen molar-refractivity contribution >= 4 is 56.5 Å². The summed E-state index contributed by atoms with van der Waals surface area (Å²) in [6.45, 7) is 0. The van der Waals surface area contributed by atoms with E-state index in [-0.39, 0.29) is 28.3 Å². The molecule has 2 aromatic carbocycles. The van der Waals surface area contributed by atoms with E-state index in [0.29, 0.717) is 15.7 Å². The molecular weight excluding hydrogens is 463 g/mol. The summed E-state index contributed by atoms with van der Waals surface area (Å²) < 4.78 is 27.7. The quantitative estimate of drug-likeness (QED) is 0.561. The summed E-state index contributed by atoms with van der Waals surface area (Å²) >= 11 is 11.8. The van der Waals surface area contributed by atoms with E-state index in [1.165, 1.54) is 42.5 Å². The molecule has 2 aliphatic carbocycles. The van der Waals surface area contributed by atoms with Crippen molar-refractivity contribution in [2.75, 3.05) is 10.0 Å². The van der Waals surface area contributed by atoms with Crippen molar-refractivity contribution < 1.29 is 23.1 Å². The molecule has 1 amide bonds. The Bertz CT molecular complexity index is 1120. The molecule has 4 atom stereocenters. The molecule has 0 spiro atoms. The molecule has 3 N–H and O–H groups in total. The third kappa shape index (κ3) is 4.51. The summed E-state index contributed by atoms with van der Waals surface area (Å²) in [5, 5.41) is 12.9. The molecule has 2 fully saturated rings. The second-order valence-electron chi connectivity index (χ2n) is 8.00. The molecule has 2 saturated carbocycles. The van der Waals surface area contributed by atoms with Gasteiger partial charge in [0.2, 0.25) is 5.91 Å². The maximum Gasteiger partial charge on any atom is 0.307 e. The Balaban J connectivity index is 1.46. The van der Waals surface area contributed by atoms with Crippen LogP contribution in [-0.4, -0.2) is 25.4 Å². The van der Waals surface area contributed by atoms with Gasteiger partial charge in [-0.2, -0.15) is 0 Å². The van der Waals surface area contributed by atoms with Gasteiger partial charge in [0.25, 0.3) is 10.0 Å². The van der Waals surface area contributed by atoms with E-state index in [1.807, 2.05) is 0 Å². The molecule has 7 nitrogen and oxygen atoms in total. The first-order valence-corrected chi connectivity index (χ1v) is 12.0. The van der Waals surface area contributed by atoms with E-state index in [4.69, 9.17) is 23.2 Å². The van der Waals surface area contributed by atoms with Crippen LogP contribution in [0.4, 0.5) is 11.4 Å². The first-order chi connectivity index (χ1) is 14.6. The van der Waals surface area contributed by atoms with Gasteiger partial charge in [-0.1, -0.05) is 23.2 Å². The molecule has 31 heavy (non-hydrogen) atoms. The van der Waals surface area contributed by atoms with Crippen molar-refractivity contribution in [3.8, 4) is 0 Å². The number of hydrogen-bond acceptors (Lipinski definition) is 4. The van der Waals surface area contributed by atoms with Gasteiger partial charge in [-0.3, -0.25) is 14.3 Å². The van der Waals surface area contributed by atoms with Gasteiger partial charge >= 0.3 is 5.97 Å². The molecular formula is C21H20Cl2N2O5S. The molecule has 2 aliphatic rings. The lowest BCUT2D eigenvalue weighted by molar-refractivity contribution is -0.148. The highest BCUT2D eigenvalue weighted by atomic mass is 35.5. The predicted octanol–water partition coefficient (Wildman–Crippen LogP) is 4.48. The Morgan fingerprint density at radius 3 is 2.06 bits per heavy atom. The fraction of sp³-hybridized carbons (Fsp3) is 0.333. The van der Waals surface area contributed by atoms with Crippen molar-refractivity contribution in [2.24, 2.45) is 23.7 Å². The maximum atomic E-state index is 12.8. The predicted molar refractivity (Wildman–Crippen MR) is 118 cm³/mol. The van der Waals surface area contributed by atoms with Gasteiger partial charge in [0.1, 0.15) is 0 Å². The van der Waals surface area contributed by atoms with Crippen LogP contribution < -0.4 is 10.0 Å². The number of carbonyl (C=O) groups is 2. The number of rotatable bonds is 6. The van der Waals surface area contributed by atoms with Gasteiger partial charge in [-0.25, -0.2) is 8.42 Å². The number of amides is 1. The minimum atomic E-state index is -3.89. The number of carboxylic acid groups (broad SMARTS) is 1. The second kappa shape index (κ2) is 8.33. The highest BCUT2D eigenvalue weighted by molar-refractivity contribution is 7.92. The number of sulfonamides is 1. The average Bonchev–Trinajstić information content (AvgIpc) is 3.28. The number of aliphatic carboxylic acids is 1. The Morgan fingerprint density at radius 2 is 1.48 bits per heavy atom. The molecule has 4 rings (SSSR count). The van der Waals surface area contributed by atoms with Gasteiger partial charge < -0.3 is 10.4 Å². The van der Waals surface area contributed by atoms with Crippen LogP contribution in [0.15, 0.2) is 47.4 Å². The van der Waals surface area contributed by atoms with Crippen molar-refractivity contribution in [1.29, 1.82) is 0 Å². The number of carbonyl (C=O) groups excluding carboxylic acids is 1. The largest absolute Gasteiger partial charge is 0.481 e. The summed E-state index contributed by atoms with van der Waals surface area (Å²) in [5.74, 6) is -2.35. The molecule has 164 valence electrons. The van der Waals surface area contributed by atoms with Crippen LogP contribution in [0.25, 0.3) is 0 Å². The summed E-state index contributed by atoms with van der Waals surface area (Å²) in [6.07, 6.45) is 2.48. The van der Waals surface area contributed by atoms with Crippen molar-refractivity contribution in [2.45, 2.75) is 24.2 Å². The van der Waals surface area contributed by atoms with Crippen LogP contribution in [-0.2, 0) is 19.6 Å². The molecule has 0 saturated heterocycles. The Labute approximate surface area is 189 Å². The Hall–Kier alpha value is -2.29. The van der Waals surface area contributed by atoms with Gasteiger partial charge in [0, 0.05) is 15.7 Å². The third-order valence-electron chi connectivity index (χ3n) is 6.05. The van der Waals surface area contributed by atoms with Crippen LogP contribution in [0.3, 0.4) is 0 Å². The molecule has 10 heteroatoms. The van der Waals surface area contributed by atoms with Crippen LogP contribution in [0, 0.1) is 23.7 Å². The Morgan fingerprint density at radius 1 is 0.903 bits per heavy atom. The third-order valence-corrected chi connectivity index (χ3v) is 7.88. The minimum Gasteiger partial charge on any atom is -0.481 e. The smallest absolute Gasteiger partial charge is 0.307 e. The maximum absolute atomic E-state index is 12.8. The molecule has 0 aromatic heterocycles. The van der Waals surface area contributed by atoms with E-state index in [0.717, 1.165) is 19.3 Å². The first-order valence-electron chi connectivity index (χ1n) is 9.77. The molecule has 0 heterocycles. The van der Waals surface area contributed by atoms with Crippen molar-refractivity contribution in [3.63, 3.8) is 0 Å². The SMILES string of the molecule is O=C(O)[C@@H]1[C@H]2CC[C@@H](C2)[C@H]1C(=O)Nc1ccc(S(=O)(=O)Nc2cc(Cl)cc(Cl)c2)cc1. The molecule has 2 aromatic rings. The summed E-state index contributed by atoms with van der Waals surface area (Å²) in [4.78, 5) is 24.4. The first kappa shape index (κ1) is 21.9. The number of benzene rings is 2.